The Bertz CT molecular complexity index is 718. The lowest BCUT2D eigenvalue weighted by atomic mass is 10.0. The van der Waals surface area contributed by atoms with Crippen LogP contribution in [0, 0.1) is 5.82 Å². The molecule has 2 aromatic rings. The van der Waals surface area contributed by atoms with Crippen molar-refractivity contribution in [1.82, 2.24) is 4.98 Å². The summed E-state index contributed by atoms with van der Waals surface area (Å²) in [7, 11) is 0. The van der Waals surface area contributed by atoms with E-state index in [1.807, 2.05) is 0 Å². The zero-order chi connectivity index (χ0) is 15.8. The Morgan fingerprint density at radius 1 is 1.14 bits per heavy atom. The van der Waals surface area contributed by atoms with E-state index in [2.05, 4.69) is 20.9 Å². The molecule has 1 aromatic carbocycles. The number of ketones is 1. The summed E-state index contributed by atoms with van der Waals surface area (Å²) in [6, 6.07) is 5.32. The fraction of sp³-hybridized carbons (Fsp3) is 0.0769. The van der Waals surface area contributed by atoms with Crippen LogP contribution in [0.25, 0.3) is 0 Å². The Kier molecular flexibility index (Phi) is 4.34. The molecular weight excluding hydrogens is 377 g/mol. The van der Waals surface area contributed by atoms with Gasteiger partial charge in [-0.2, -0.15) is 13.2 Å². The highest BCUT2D eigenvalue weighted by Crippen LogP contribution is 2.31. The lowest BCUT2D eigenvalue weighted by Gasteiger charge is -2.09. The molecule has 0 bridgehead atoms. The Morgan fingerprint density at radius 3 is 2.38 bits per heavy atom. The molecule has 0 aliphatic heterocycles. The van der Waals surface area contributed by atoms with E-state index < -0.39 is 28.6 Å². The van der Waals surface area contributed by atoms with Crippen LogP contribution in [0.3, 0.4) is 0 Å². The number of aromatic nitrogens is 1. The zero-order valence-electron chi connectivity index (χ0n) is 10.0. The SMILES string of the molecule is O=C(c1ccc(C(F)(F)F)nc1Cl)c1cccc(F)c1Br. The van der Waals surface area contributed by atoms with Crippen LogP contribution in [-0.4, -0.2) is 10.8 Å². The number of rotatable bonds is 2. The number of hydrogen-bond acceptors (Lipinski definition) is 2. The molecule has 0 N–H and O–H groups in total. The fourth-order valence-electron chi connectivity index (χ4n) is 1.59. The van der Waals surface area contributed by atoms with Crippen LogP contribution in [0.15, 0.2) is 34.8 Å². The van der Waals surface area contributed by atoms with Crippen molar-refractivity contribution in [3.8, 4) is 0 Å². The molecule has 0 unspecified atom stereocenters. The molecule has 8 heteroatoms. The topological polar surface area (TPSA) is 30.0 Å². The van der Waals surface area contributed by atoms with Crippen molar-refractivity contribution in [3.05, 3.63) is 62.6 Å². The van der Waals surface area contributed by atoms with Crippen LogP contribution in [-0.2, 0) is 6.18 Å². The van der Waals surface area contributed by atoms with Crippen LogP contribution < -0.4 is 0 Å². The highest BCUT2D eigenvalue weighted by atomic mass is 79.9. The summed E-state index contributed by atoms with van der Waals surface area (Å²) >= 11 is 8.54. The second-order valence-electron chi connectivity index (χ2n) is 3.96. The lowest BCUT2D eigenvalue weighted by molar-refractivity contribution is -0.141. The second-order valence-corrected chi connectivity index (χ2v) is 5.11. The maximum Gasteiger partial charge on any atom is 0.433 e. The second kappa shape index (κ2) is 5.73. The van der Waals surface area contributed by atoms with Crippen molar-refractivity contribution < 1.29 is 22.4 Å². The first-order valence-electron chi connectivity index (χ1n) is 5.44. The van der Waals surface area contributed by atoms with Gasteiger partial charge in [0, 0.05) is 5.56 Å². The van der Waals surface area contributed by atoms with Crippen molar-refractivity contribution >= 4 is 33.3 Å². The van der Waals surface area contributed by atoms with E-state index in [9.17, 15) is 22.4 Å². The molecule has 0 atom stereocenters. The van der Waals surface area contributed by atoms with Gasteiger partial charge in [0.05, 0.1) is 10.0 Å². The lowest BCUT2D eigenvalue weighted by Crippen LogP contribution is -2.11. The van der Waals surface area contributed by atoms with Crippen molar-refractivity contribution in [2.24, 2.45) is 0 Å². The van der Waals surface area contributed by atoms with Gasteiger partial charge in [-0.25, -0.2) is 9.37 Å². The molecule has 110 valence electrons. The summed E-state index contributed by atoms with van der Waals surface area (Å²) in [4.78, 5) is 15.4. The van der Waals surface area contributed by atoms with Gasteiger partial charge in [-0.05, 0) is 40.2 Å². The molecule has 21 heavy (non-hydrogen) atoms. The van der Waals surface area contributed by atoms with Gasteiger partial charge in [-0.15, -0.1) is 0 Å². The standard InChI is InChI=1S/C13H5BrClF4NO/c14-10-6(2-1-3-8(10)16)11(21)7-4-5-9(13(17,18)19)20-12(7)15/h1-5H. The third kappa shape index (κ3) is 3.24. The first kappa shape index (κ1) is 15.9. The normalized spacial score (nSPS) is 11.5. The van der Waals surface area contributed by atoms with Gasteiger partial charge in [-0.3, -0.25) is 4.79 Å². The van der Waals surface area contributed by atoms with Crippen LogP contribution in [0.4, 0.5) is 17.6 Å². The van der Waals surface area contributed by atoms with Crippen molar-refractivity contribution in [2.45, 2.75) is 6.18 Å². The molecule has 0 aliphatic carbocycles. The van der Waals surface area contributed by atoms with Crippen LogP contribution in [0.5, 0.6) is 0 Å². The molecular formula is C13H5BrClF4NO. The molecule has 1 heterocycles. The Balaban J connectivity index is 2.48. The number of hydrogen-bond donors (Lipinski definition) is 0. The Labute approximate surface area is 129 Å². The first-order chi connectivity index (χ1) is 9.71. The molecule has 0 radical (unpaired) electrons. The molecule has 0 saturated heterocycles. The summed E-state index contributed by atoms with van der Waals surface area (Å²) in [5.41, 5.74) is -1.50. The molecule has 2 nitrogen and oxygen atoms in total. The van der Waals surface area contributed by atoms with Gasteiger partial charge in [0.15, 0.2) is 5.78 Å². The monoisotopic (exact) mass is 381 g/mol. The van der Waals surface area contributed by atoms with Gasteiger partial charge >= 0.3 is 6.18 Å². The first-order valence-corrected chi connectivity index (χ1v) is 6.61. The highest BCUT2D eigenvalue weighted by Gasteiger charge is 2.33. The molecule has 0 saturated carbocycles. The number of carbonyl (C=O) groups excluding carboxylic acids is 1. The van der Waals surface area contributed by atoms with Gasteiger partial charge in [-0.1, -0.05) is 17.7 Å². The Morgan fingerprint density at radius 2 is 1.81 bits per heavy atom. The molecule has 0 amide bonds. The minimum Gasteiger partial charge on any atom is -0.288 e. The van der Waals surface area contributed by atoms with E-state index in [0.717, 1.165) is 12.1 Å². The van der Waals surface area contributed by atoms with E-state index in [1.54, 1.807) is 0 Å². The van der Waals surface area contributed by atoms with Crippen molar-refractivity contribution in [2.75, 3.05) is 0 Å². The van der Waals surface area contributed by atoms with Crippen LogP contribution >= 0.6 is 27.5 Å². The number of pyridine rings is 1. The summed E-state index contributed by atoms with van der Waals surface area (Å²) in [6.45, 7) is 0. The number of benzene rings is 1. The van der Waals surface area contributed by atoms with Crippen molar-refractivity contribution in [3.63, 3.8) is 0 Å². The van der Waals surface area contributed by atoms with Crippen LogP contribution in [0.2, 0.25) is 5.15 Å². The number of alkyl halides is 3. The van der Waals surface area contributed by atoms with Gasteiger partial charge in [0.25, 0.3) is 0 Å². The van der Waals surface area contributed by atoms with E-state index in [-0.39, 0.29) is 15.6 Å². The van der Waals surface area contributed by atoms with E-state index >= 15 is 0 Å². The average Bonchev–Trinajstić information content (AvgIpc) is 2.40. The minimum absolute atomic E-state index is 0.0570. The zero-order valence-corrected chi connectivity index (χ0v) is 12.4. The maximum absolute atomic E-state index is 13.4. The fourth-order valence-corrected chi connectivity index (χ4v) is 2.27. The minimum atomic E-state index is -4.66. The Hall–Kier alpha value is -1.47. The molecule has 2 rings (SSSR count). The molecule has 0 spiro atoms. The third-order valence-corrected chi connectivity index (χ3v) is 3.67. The van der Waals surface area contributed by atoms with Gasteiger partial charge in [0.2, 0.25) is 0 Å². The molecule has 0 aliphatic rings. The molecule has 0 fully saturated rings. The highest BCUT2D eigenvalue weighted by molar-refractivity contribution is 9.10. The van der Waals surface area contributed by atoms with Crippen LogP contribution in [0.1, 0.15) is 21.6 Å². The predicted octanol–water partition coefficient (Wildman–Crippen LogP) is 4.89. The predicted molar refractivity (Wildman–Crippen MR) is 71.8 cm³/mol. The van der Waals surface area contributed by atoms with E-state index in [0.29, 0.717) is 6.07 Å². The smallest absolute Gasteiger partial charge is 0.288 e. The quantitative estimate of drug-likeness (QED) is 0.421. The van der Waals surface area contributed by atoms with Gasteiger partial charge < -0.3 is 0 Å². The van der Waals surface area contributed by atoms with Crippen molar-refractivity contribution in [1.29, 1.82) is 0 Å². The van der Waals surface area contributed by atoms with E-state index in [4.69, 9.17) is 11.6 Å². The van der Waals surface area contributed by atoms with Gasteiger partial charge in [0.1, 0.15) is 16.7 Å². The largest absolute Gasteiger partial charge is 0.433 e. The summed E-state index contributed by atoms with van der Waals surface area (Å²) in [6.07, 6.45) is -4.66. The third-order valence-electron chi connectivity index (χ3n) is 2.58. The number of carbonyl (C=O) groups is 1. The average molecular weight is 383 g/mol. The maximum atomic E-state index is 13.4. The summed E-state index contributed by atoms with van der Waals surface area (Å²) in [5.74, 6) is -1.40. The van der Waals surface area contributed by atoms with E-state index in [1.165, 1.54) is 12.1 Å². The number of nitrogens with zero attached hydrogens (tertiary/aromatic N) is 1. The summed E-state index contributed by atoms with van der Waals surface area (Å²) in [5, 5.41) is -0.592. The number of halogens is 6. The summed E-state index contributed by atoms with van der Waals surface area (Å²) < 4.78 is 50.7. The molecule has 1 aromatic heterocycles.